The van der Waals surface area contributed by atoms with Crippen LogP contribution in [-0.2, 0) is 27.9 Å². The Labute approximate surface area is 186 Å². The molecule has 31 heavy (non-hydrogen) atoms. The largest absolute Gasteiger partial charge is 0.378 e. The molecule has 1 fully saturated rings. The number of methoxy groups -OCH3 is 1. The zero-order chi connectivity index (χ0) is 21.3. The molecule has 2 atom stereocenters. The van der Waals surface area contributed by atoms with Gasteiger partial charge in [-0.1, -0.05) is 30.3 Å². The van der Waals surface area contributed by atoms with E-state index in [2.05, 4.69) is 44.7 Å². The maximum atomic E-state index is 12.9. The van der Waals surface area contributed by atoms with Crippen LogP contribution in [0.4, 0.5) is 0 Å². The Morgan fingerprint density at radius 3 is 2.81 bits per heavy atom. The molecular weight excluding hydrogens is 408 g/mol. The van der Waals surface area contributed by atoms with Crippen LogP contribution in [0.15, 0.2) is 54.0 Å². The minimum Gasteiger partial charge on any atom is -0.378 e. The summed E-state index contributed by atoms with van der Waals surface area (Å²) in [5.74, 6) is 0.0537. The average molecular weight is 437 g/mol. The Morgan fingerprint density at radius 1 is 1.26 bits per heavy atom. The molecule has 0 saturated carbocycles. The van der Waals surface area contributed by atoms with Gasteiger partial charge >= 0.3 is 0 Å². The van der Waals surface area contributed by atoms with Crippen molar-refractivity contribution in [3.05, 3.63) is 75.7 Å². The highest BCUT2D eigenvalue weighted by Crippen LogP contribution is 2.52. The number of likely N-dealkylation sites (tertiary alicyclic amines) is 1. The first-order valence-electron chi connectivity index (χ1n) is 10.8. The molecule has 0 bridgehead atoms. The van der Waals surface area contributed by atoms with Crippen molar-refractivity contribution < 1.29 is 9.53 Å². The predicted octanol–water partition coefficient (Wildman–Crippen LogP) is 3.43. The quantitative estimate of drug-likeness (QED) is 0.621. The molecule has 2 aromatic heterocycles. The van der Waals surface area contributed by atoms with Gasteiger partial charge in [-0.2, -0.15) is 5.10 Å². The van der Waals surface area contributed by atoms with Gasteiger partial charge in [-0.05, 0) is 54.6 Å². The zero-order valence-corrected chi connectivity index (χ0v) is 18.5. The Hall–Kier alpha value is -2.48. The lowest BCUT2D eigenvalue weighted by Gasteiger charge is -2.44. The SMILES string of the molecule is CO[C@H]1[C@H](NC(=O)Cc2cccs2)c2ccccc2C12CCN(Cc1ccn[nH]1)CC2. The van der Waals surface area contributed by atoms with Gasteiger partial charge in [0.2, 0.25) is 5.91 Å². The number of benzene rings is 1. The highest BCUT2D eigenvalue weighted by Gasteiger charge is 2.53. The molecule has 3 aromatic rings. The third-order valence-electron chi connectivity index (χ3n) is 6.87. The number of amides is 1. The minimum absolute atomic E-state index is 0.0537. The van der Waals surface area contributed by atoms with E-state index in [1.165, 1.54) is 11.1 Å². The second kappa shape index (κ2) is 8.57. The van der Waals surface area contributed by atoms with E-state index in [0.717, 1.165) is 43.0 Å². The number of aromatic nitrogens is 2. The summed E-state index contributed by atoms with van der Waals surface area (Å²) >= 11 is 1.62. The summed E-state index contributed by atoms with van der Waals surface area (Å²) in [6.45, 7) is 2.86. The van der Waals surface area contributed by atoms with Crippen LogP contribution in [0, 0.1) is 0 Å². The van der Waals surface area contributed by atoms with Gasteiger partial charge in [-0.25, -0.2) is 0 Å². The van der Waals surface area contributed by atoms with E-state index in [0.29, 0.717) is 6.42 Å². The minimum atomic E-state index is -0.118. The summed E-state index contributed by atoms with van der Waals surface area (Å²) in [4.78, 5) is 16.4. The summed E-state index contributed by atoms with van der Waals surface area (Å²) in [6.07, 6.45) is 4.17. The number of piperidine rings is 1. The van der Waals surface area contributed by atoms with Crippen LogP contribution in [0.25, 0.3) is 0 Å². The van der Waals surface area contributed by atoms with Crippen molar-refractivity contribution in [1.82, 2.24) is 20.4 Å². The Kier molecular flexibility index (Phi) is 5.65. The monoisotopic (exact) mass is 436 g/mol. The van der Waals surface area contributed by atoms with Crippen LogP contribution in [0.1, 0.15) is 40.6 Å². The van der Waals surface area contributed by atoms with Gasteiger partial charge in [-0.3, -0.25) is 14.8 Å². The number of hydrogen-bond donors (Lipinski definition) is 2. The molecule has 2 N–H and O–H groups in total. The molecule has 3 heterocycles. The smallest absolute Gasteiger partial charge is 0.225 e. The topological polar surface area (TPSA) is 70.2 Å². The molecule has 1 aliphatic carbocycles. The Balaban J connectivity index is 1.36. The Morgan fingerprint density at radius 2 is 2.10 bits per heavy atom. The number of carbonyl (C=O) groups excluding carboxylic acids is 1. The number of carbonyl (C=O) groups is 1. The maximum Gasteiger partial charge on any atom is 0.225 e. The van der Waals surface area contributed by atoms with E-state index < -0.39 is 0 Å². The van der Waals surface area contributed by atoms with E-state index in [1.54, 1.807) is 24.6 Å². The standard InChI is InChI=1S/C24H28N4O2S/c1-30-23-22(26-21(29)15-18-5-4-14-31-18)19-6-2-3-7-20(19)24(23)9-12-28(13-10-24)16-17-8-11-25-27-17/h2-8,11,14,22-23H,9-10,12-13,15-16H2,1H3,(H,25,27)(H,26,29)/t22-,23+/m1/s1. The molecular formula is C24H28N4O2S. The fourth-order valence-electron chi connectivity index (χ4n) is 5.45. The van der Waals surface area contributed by atoms with Gasteiger partial charge < -0.3 is 10.1 Å². The summed E-state index contributed by atoms with van der Waals surface area (Å²) < 4.78 is 6.13. The van der Waals surface area contributed by atoms with Gasteiger partial charge in [0.25, 0.3) is 0 Å². The van der Waals surface area contributed by atoms with Gasteiger partial charge in [0.15, 0.2) is 0 Å². The number of aromatic amines is 1. The van der Waals surface area contributed by atoms with Crippen molar-refractivity contribution in [3.8, 4) is 0 Å². The second-order valence-electron chi connectivity index (χ2n) is 8.56. The molecule has 0 unspecified atom stereocenters. The second-order valence-corrected chi connectivity index (χ2v) is 9.59. The molecule has 2 aliphatic rings. The lowest BCUT2D eigenvalue weighted by atomic mass is 9.72. The van der Waals surface area contributed by atoms with Gasteiger partial charge in [0.1, 0.15) is 0 Å². The van der Waals surface area contributed by atoms with Crippen LogP contribution in [0.3, 0.4) is 0 Å². The molecule has 1 aromatic carbocycles. The van der Waals surface area contributed by atoms with E-state index in [4.69, 9.17) is 4.74 Å². The van der Waals surface area contributed by atoms with Gasteiger partial charge in [0, 0.05) is 35.8 Å². The Bertz CT molecular complexity index is 1010. The molecule has 0 radical (unpaired) electrons. The van der Waals surface area contributed by atoms with E-state index in [1.807, 2.05) is 23.6 Å². The number of H-pyrrole nitrogens is 1. The molecule has 1 amide bonds. The van der Waals surface area contributed by atoms with Crippen LogP contribution < -0.4 is 5.32 Å². The van der Waals surface area contributed by atoms with Crippen molar-refractivity contribution in [2.75, 3.05) is 20.2 Å². The van der Waals surface area contributed by atoms with Gasteiger partial charge in [0.05, 0.1) is 18.6 Å². The van der Waals surface area contributed by atoms with Crippen molar-refractivity contribution in [1.29, 1.82) is 0 Å². The first-order chi connectivity index (χ1) is 15.2. The molecule has 5 rings (SSSR count). The average Bonchev–Trinajstić information content (AvgIpc) is 3.53. The fraction of sp³-hybridized carbons (Fsp3) is 0.417. The van der Waals surface area contributed by atoms with E-state index in [-0.39, 0.29) is 23.5 Å². The van der Waals surface area contributed by atoms with Crippen molar-refractivity contribution in [2.45, 2.75) is 43.4 Å². The molecule has 1 saturated heterocycles. The van der Waals surface area contributed by atoms with Crippen LogP contribution in [-0.4, -0.2) is 47.3 Å². The van der Waals surface area contributed by atoms with Crippen molar-refractivity contribution >= 4 is 17.2 Å². The summed E-state index contributed by atoms with van der Waals surface area (Å²) in [5.41, 5.74) is 3.61. The summed E-state index contributed by atoms with van der Waals surface area (Å²) in [5, 5.41) is 12.5. The molecule has 1 spiro atoms. The number of fused-ring (bicyclic) bond motifs is 2. The summed E-state index contributed by atoms with van der Waals surface area (Å²) in [7, 11) is 1.79. The zero-order valence-electron chi connectivity index (χ0n) is 17.7. The van der Waals surface area contributed by atoms with Crippen LogP contribution in [0.2, 0.25) is 0 Å². The van der Waals surface area contributed by atoms with Crippen molar-refractivity contribution in [2.24, 2.45) is 0 Å². The number of nitrogens with one attached hydrogen (secondary N) is 2. The van der Waals surface area contributed by atoms with Crippen LogP contribution >= 0.6 is 11.3 Å². The number of ether oxygens (including phenoxy) is 1. The normalized spacial score (nSPS) is 22.5. The number of thiophene rings is 1. The predicted molar refractivity (Wildman–Crippen MR) is 121 cm³/mol. The lowest BCUT2D eigenvalue weighted by molar-refractivity contribution is -0.122. The number of hydrogen-bond acceptors (Lipinski definition) is 5. The number of rotatable bonds is 6. The third-order valence-corrected chi connectivity index (χ3v) is 7.74. The molecule has 1 aliphatic heterocycles. The first kappa shape index (κ1) is 20.4. The first-order valence-corrected chi connectivity index (χ1v) is 11.7. The van der Waals surface area contributed by atoms with Crippen molar-refractivity contribution in [3.63, 3.8) is 0 Å². The molecule has 162 valence electrons. The van der Waals surface area contributed by atoms with E-state index >= 15 is 0 Å². The van der Waals surface area contributed by atoms with E-state index in [9.17, 15) is 4.79 Å². The molecule has 7 heteroatoms. The summed E-state index contributed by atoms with van der Waals surface area (Å²) in [6, 6.07) is 14.5. The number of nitrogens with zero attached hydrogens (tertiary/aromatic N) is 2. The lowest BCUT2D eigenvalue weighted by Crippen LogP contribution is -2.50. The maximum absolute atomic E-state index is 12.9. The highest BCUT2D eigenvalue weighted by molar-refractivity contribution is 7.10. The third kappa shape index (κ3) is 3.82. The fourth-order valence-corrected chi connectivity index (χ4v) is 6.15. The molecule has 6 nitrogen and oxygen atoms in total. The highest BCUT2D eigenvalue weighted by atomic mass is 32.1. The van der Waals surface area contributed by atoms with Gasteiger partial charge in [-0.15, -0.1) is 11.3 Å². The van der Waals surface area contributed by atoms with Crippen LogP contribution in [0.5, 0.6) is 0 Å².